The standard InChI is InChI=1S/C18H14N2O5/c21-15(13-7-3-1-4-8-13)12-24-16(22)11-20-18(23)25-17(19-20)14-9-5-2-6-10-14/h1-10H,11-12H2. The summed E-state index contributed by atoms with van der Waals surface area (Å²) < 4.78 is 10.8. The SMILES string of the molecule is O=C(Cn1nc(-c2ccccc2)oc1=O)OCC(=O)c1ccccc1. The molecule has 3 rings (SSSR count). The molecule has 2 aromatic carbocycles. The van der Waals surface area contributed by atoms with Gasteiger partial charge in [0.05, 0.1) is 0 Å². The predicted octanol–water partition coefficient (Wildman–Crippen LogP) is 1.93. The Balaban J connectivity index is 1.61. The summed E-state index contributed by atoms with van der Waals surface area (Å²) in [6, 6.07) is 17.3. The van der Waals surface area contributed by atoms with E-state index in [1.807, 2.05) is 6.07 Å². The molecule has 0 atom stereocenters. The molecule has 0 aliphatic heterocycles. The number of aromatic nitrogens is 2. The monoisotopic (exact) mass is 338 g/mol. The van der Waals surface area contributed by atoms with Crippen molar-refractivity contribution in [1.29, 1.82) is 0 Å². The number of esters is 1. The van der Waals surface area contributed by atoms with Gasteiger partial charge in [-0.3, -0.25) is 9.59 Å². The van der Waals surface area contributed by atoms with Gasteiger partial charge in [-0.1, -0.05) is 48.5 Å². The topological polar surface area (TPSA) is 91.4 Å². The lowest BCUT2D eigenvalue weighted by Gasteiger charge is -2.03. The van der Waals surface area contributed by atoms with E-state index in [9.17, 15) is 14.4 Å². The van der Waals surface area contributed by atoms with Crippen LogP contribution in [0.15, 0.2) is 69.9 Å². The highest BCUT2D eigenvalue weighted by molar-refractivity contribution is 5.97. The smallest absolute Gasteiger partial charge is 0.437 e. The van der Waals surface area contributed by atoms with Gasteiger partial charge >= 0.3 is 11.7 Å². The molecule has 0 saturated carbocycles. The van der Waals surface area contributed by atoms with E-state index in [-0.39, 0.29) is 11.7 Å². The summed E-state index contributed by atoms with van der Waals surface area (Å²) in [6.07, 6.45) is 0. The van der Waals surface area contributed by atoms with Gasteiger partial charge in [-0.2, -0.15) is 4.68 Å². The Kier molecular flexibility index (Phi) is 4.84. The van der Waals surface area contributed by atoms with Gasteiger partial charge < -0.3 is 9.15 Å². The highest BCUT2D eigenvalue weighted by Crippen LogP contribution is 2.13. The van der Waals surface area contributed by atoms with Crippen LogP contribution in [0, 0.1) is 0 Å². The van der Waals surface area contributed by atoms with Crippen LogP contribution in [-0.2, 0) is 16.1 Å². The second-order valence-corrected chi connectivity index (χ2v) is 5.15. The first-order valence-corrected chi connectivity index (χ1v) is 7.51. The van der Waals surface area contributed by atoms with Crippen LogP contribution in [0.2, 0.25) is 0 Å². The molecular weight excluding hydrogens is 324 g/mol. The summed E-state index contributed by atoms with van der Waals surface area (Å²) in [5.41, 5.74) is 1.06. The molecule has 1 aromatic heterocycles. The summed E-state index contributed by atoms with van der Waals surface area (Å²) in [6.45, 7) is -0.835. The molecule has 0 aliphatic carbocycles. The molecule has 0 N–H and O–H groups in total. The Morgan fingerprint density at radius 1 is 1.00 bits per heavy atom. The number of carbonyl (C=O) groups excluding carboxylic acids is 2. The molecule has 25 heavy (non-hydrogen) atoms. The second-order valence-electron chi connectivity index (χ2n) is 5.15. The molecule has 0 aliphatic rings. The quantitative estimate of drug-likeness (QED) is 0.504. The van der Waals surface area contributed by atoms with Crippen LogP contribution in [0.1, 0.15) is 10.4 Å². The fourth-order valence-corrected chi connectivity index (χ4v) is 2.12. The zero-order chi connectivity index (χ0) is 17.6. The Morgan fingerprint density at radius 3 is 2.32 bits per heavy atom. The lowest BCUT2D eigenvalue weighted by Crippen LogP contribution is -2.24. The average Bonchev–Trinajstić information content (AvgIpc) is 3.01. The summed E-state index contributed by atoms with van der Waals surface area (Å²) in [7, 11) is 0. The van der Waals surface area contributed by atoms with Crippen molar-refractivity contribution in [3.8, 4) is 11.5 Å². The Labute approximate surface area is 142 Å². The largest absolute Gasteiger partial charge is 0.456 e. The van der Waals surface area contributed by atoms with Crippen molar-refractivity contribution in [3.05, 3.63) is 76.8 Å². The van der Waals surface area contributed by atoms with Crippen molar-refractivity contribution < 1.29 is 18.7 Å². The number of ketones is 1. The lowest BCUT2D eigenvalue weighted by atomic mass is 10.1. The van der Waals surface area contributed by atoms with Gasteiger partial charge in [-0.15, -0.1) is 5.10 Å². The molecule has 7 heteroatoms. The van der Waals surface area contributed by atoms with Crippen molar-refractivity contribution in [2.24, 2.45) is 0 Å². The number of carbonyl (C=O) groups is 2. The van der Waals surface area contributed by atoms with E-state index in [2.05, 4.69) is 5.10 Å². The van der Waals surface area contributed by atoms with Crippen LogP contribution < -0.4 is 5.76 Å². The van der Waals surface area contributed by atoms with Crippen LogP contribution in [0.3, 0.4) is 0 Å². The molecule has 0 spiro atoms. The number of hydrogen-bond acceptors (Lipinski definition) is 6. The number of nitrogens with zero attached hydrogens (tertiary/aromatic N) is 2. The van der Waals surface area contributed by atoms with Gasteiger partial charge in [0.2, 0.25) is 5.89 Å². The maximum atomic E-state index is 11.9. The zero-order valence-electron chi connectivity index (χ0n) is 13.1. The fraction of sp³-hybridized carbons (Fsp3) is 0.111. The molecule has 1 heterocycles. The van der Waals surface area contributed by atoms with Crippen molar-refractivity contribution in [2.75, 3.05) is 6.61 Å². The summed E-state index contributed by atoms with van der Waals surface area (Å²) >= 11 is 0. The minimum absolute atomic E-state index is 0.110. The van der Waals surface area contributed by atoms with Gasteiger partial charge in [-0.05, 0) is 12.1 Å². The minimum Gasteiger partial charge on any atom is -0.456 e. The van der Waals surface area contributed by atoms with E-state index in [1.165, 1.54) is 0 Å². The first kappa shape index (κ1) is 16.4. The van der Waals surface area contributed by atoms with Crippen molar-refractivity contribution in [3.63, 3.8) is 0 Å². The van der Waals surface area contributed by atoms with Crippen LogP contribution in [0.25, 0.3) is 11.5 Å². The van der Waals surface area contributed by atoms with E-state index in [4.69, 9.17) is 9.15 Å². The van der Waals surface area contributed by atoms with Crippen LogP contribution in [0.4, 0.5) is 0 Å². The van der Waals surface area contributed by atoms with Crippen LogP contribution in [0.5, 0.6) is 0 Å². The molecule has 0 bridgehead atoms. The van der Waals surface area contributed by atoms with Crippen molar-refractivity contribution in [1.82, 2.24) is 9.78 Å². The molecule has 0 saturated heterocycles. The first-order chi connectivity index (χ1) is 12.1. The summed E-state index contributed by atoms with van der Waals surface area (Å²) in [5.74, 6) is -1.74. The highest BCUT2D eigenvalue weighted by Gasteiger charge is 2.15. The molecule has 7 nitrogen and oxygen atoms in total. The first-order valence-electron chi connectivity index (χ1n) is 7.51. The molecule has 0 unspecified atom stereocenters. The van der Waals surface area contributed by atoms with Crippen LogP contribution >= 0.6 is 0 Å². The number of Topliss-reactive ketones (excluding diaryl/α,β-unsaturated/α-hetero) is 1. The Bertz CT molecular complexity index is 929. The summed E-state index contributed by atoms with van der Waals surface area (Å²) in [5, 5.41) is 3.96. The van der Waals surface area contributed by atoms with Gasteiger partial charge in [0.15, 0.2) is 12.4 Å². The van der Waals surface area contributed by atoms with E-state index >= 15 is 0 Å². The van der Waals surface area contributed by atoms with Gasteiger partial charge in [0.25, 0.3) is 0 Å². The third kappa shape index (κ3) is 4.08. The number of benzene rings is 2. The molecule has 0 amide bonds. The molecule has 126 valence electrons. The van der Waals surface area contributed by atoms with Gasteiger partial charge in [0.1, 0.15) is 6.54 Å². The van der Waals surface area contributed by atoms with Gasteiger partial charge in [-0.25, -0.2) is 4.79 Å². The molecule has 0 fully saturated rings. The van der Waals surface area contributed by atoms with E-state index in [0.717, 1.165) is 4.68 Å². The Morgan fingerprint density at radius 2 is 1.64 bits per heavy atom. The van der Waals surface area contributed by atoms with E-state index in [0.29, 0.717) is 11.1 Å². The lowest BCUT2D eigenvalue weighted by molar-refractivity contribution is -0.143. The normalized spacial score (nSPS) is 10.4. The fourth-order valence-electron chi connectivity index (χ4n) is 2.12. The predicted molar refractivity (Wildman–Crippen MR) is 87.9 cm³/mol. The molecule has 3 aromatic rings. The maximum Gasteiger partial charge on any atom is 0.437 e. The minimum atomic E-state index is -0.773. The average molecular weight is 338 g/mol. The van der Waals surface area contributed by atoms with Crippen molar-refractivity contribution >= 4 is 11.8 Å². The molecular formula is C18H14N2O5. The third-order valence-electron chi connectivity index (χ3n) is 3.37. The third-order valence-corrected chi connectivity index (χ3v) is 3.37. The second kappa shape index (κ2) is 7.39. The summed E-state index contributed by atoms with van der Waals surface area (Å²) in [4.78, 5) is 35.5. The maximum absolute atomic E-state index is 11.9. The highest BCUT2D eigenvalue weighted by atomic mass is 16.5. The molecule has 0 radical (unpaired) electrons. The van der Waals surface area contributed by atoms with E-state index < -0.39 is 24.9 Å². The zero-order valence-corrected chi connectivity index (χ0v) is 13.1. The van der Waals surface area contributed by atoms with Gasteiger partial charge in [0, 0.05) is 11.1 Å². The Hall–Kier alpha value is -3.48. The van der Waals surface area contributed by atoms with Crippen molar-refractivity contribution in [2.45, 2.75) is 6.54 Å². The number of ether oxygens (including phenoxy) is 1. The number of rotatable bonds is 6. The van der Waals surface area contributed by atoms with E-state index in [1.54, 1.807) is 54.6 Å². The number of hydrogen-bond donors (Lipinski definition) is 0. The van der Waals surface area contributed by atoms with Crippen LogP contribution in [-0.4, -0.2) is 28.1 Å².